The van der Waals surface area contributed by atoms with Gasteiger partial charge in [0.25, 0.3) is 0 Å². The molecule has 49 heavy (non-hydrogen) atoms. The smallest absolute Gasteiger partial charge is 0.237 e. The number of carbonyl (C=O) groups excluding carboxylic acids is 4. The number of hydrogen-bond acceptors (Lipinski definition) is 8. The van der Waals surface area contributed by atoms with E-state index < -0.39 is 57.5 Å². The molecule has 12 heteroatoms. The highest BCUT2D eigenvalue weighted by Gasteiger charge is 2.38. The Hall–Kier alpha value is -4.52. The molecule has 0 N–H and O–H groups in total. The number of Topliss-reactive ketones (excluding diaryl/α,β-unsaturated/α-hetero) is 4. The third-order valence-electron chi connectivity index (χ3n) is 8.83. The quantitative estimate of drug-likeness (QED) is 0.103. The molecule has 4 heterocycles. The number of ketones is 4. The van der Waals surface area contributed by atoms with E-state index in [1.807, 2.05) is 12.1 Å². The summed E-state index contributed by atoms with van der Waals surface area (Å²) in [5.41, 5.74) is -0.104. The van der Waals surface area contributed by atoms with Crippen molar-refractivity contribution in [3.63, 3.8) is 0 Å². The van der Waals surface area contributed by atoms with Gasteiger partial charge in [0.2, 0.25) is 23.1 Å². The highest BCUT2D eigenvalue weighted by molar-refractivity contribution is 7.32. The number of rotatable bonds is 2. The van der Waals surface area contributed by atoms with E-state index in [0.717, 1.165) is 75.4 Å². The number of fused-ring (bicyclic) bond motifs is 7. The molecule has 0 radical (unpaired) electrons. The van der Waals surface area contributed by atoms with Gasteiger partial charge in [0.05, 0.1) is 36.9 Å². The zero-order valence-electron chi connectivity index (χ0n) is 25.3. The Balaban J connectivity index is 1.23. The van der Waals surface area contributed by atoms with Crippen LogP contribution >= 0.6 is 34.0 Å². The van der Waals surface area contributed by atoms with Gasteiger partial charge in [-0.1, -0.05) is 19.3 Å². The van der Waals surface area contributed by atoms with Crippen LogP contribution in [-0.2, 0) is 16.0 Å². The second-order valence-electron chi connectivity index (χ2n) is 12.0. The molecule has 0 amide bonds. The number of aryl methyl sites for hydroxylation is 1. The Bertz CT molecular complexity index is 2370. The number of halogens is 4. The first-order valence-corrected chi connectivity index (χ1v) is 18.0. The van der Waals surface area contributed by atoms with Crippen LogP contribution in [0.5, 0.6) is 5.75 Å². The molecule has 0 saturated heterocycles. The molecule has 8 rings (SSSR count). The van der Waals surface area contributed by atoms with Crippen molar-refractivity contribution in [3.05, 3.63) is 97.2 Å². The first-order valence-electron chi connectivity index (χ1n) is 15.5. The van der Waals surface area contributed by atoms with Crippen molar-refractivity contribution in [3.8, 4) is 15.5 Å². The molecule has 0 atom stereocenters. The van der Waals surface area contributed by atoms with E-state index in [-0.39, 0.29) is 22.3 Å². The predicted octanol–water partition coefficient (Wildman–Crippen LogP) is 9.75. The number of hydrogen-bond donors (Lipinski definition) is 0. The van der Waals surface area contributed by atoms with Gasteiger partial charge in [0, 0.05) is 44.2 Å². The van der Waals surface area contributed by atoms with Gasteiger partial charge in [-0.25, -0.2) is 17.6 Å². The van der Waals surface area contributed by atoms with E-state index in [4.69, 9.17) is 4.74 Å². The van der Waals surface area contributed by atoms with Crippen molar-refractivity contribution in [1.82, 2.24) is 0 Å². The van der Waals surface area contributed by atoms with Crippen LogP contribution in [-0.4, -0.2) is 29.7 Å². The summed E-state index contributed by atoms with van der Waals surface area (Å²) < 4.78 is 65.2. The third kappa shape index (κ3) is 5.33. The maximum absolute atomic E-state index is 14.5. The summed E-state index contributed by atoms with van der Waals surface area (Å²) in [5, 5.41) is 0. The largest absolute Gasteiger partial charge is 0.491 e. The van der Waals surface area contributed by atoms with Gasteiger partial charge >= 0.3 is 0 Å². The van der Waals surface area contributed by atoms with Crippen molar-refractivity contribution in [1.29, 1.82) is 0 Å². The first kappa shape index (κ1) is 31.7. The molecular weight excluding hydrogens is 697 g/mol. The summed E-state index contributed by atoms with van der Waals surface area (Å²) in [4.78, 5) is 53.9. The maximum Gasteiger partial charge on any atom is 0.237 e. The Labute approximate surface area is 288 Å². The minimum atomic E-state index is -1.08. The molecule has 0 fully saturated rings. The number of carbonyl (C=O) groups is 4. The highest BCUT2D eigenvalue weighted by atomic mass is 32.1. The second-order valence-corrected chi connectivity index (χ2v) is 15.2. The number of thiophene rings is 3. The van der Waals surface area contributed by atoms with E-state index in [2.05, 4.69) is 0 Å². The van der Waals surface area contributed by atoms with Crippen molar-refractivity contribution >= 4 is 89.8 Å². The summed E-state index contributed by atoms with van der Waals surface area (Å²) in [5.74, 6) is -7.08. The van der Waals surface area contributed by atoms with Gasteiger partial charge < -0.3 is 4.74 Å². The normalized spacial score (nSPS) is 18.0. The molecule has 0 spiro atoms. The van der Waals surface area contributed by atoms with Gasteiger partial charge in [0.1, 0.15) is 23.3 Å². The summed E-state index contributed by atoms with van der Waals surface area (Å²) in [6.07, 6.45) is 8.56. The second kappa shape index (κ2) is 12.1. The summed E-state index contributed by atoms with van der Waals surface area (Å²) in [7, 11) is 0. The number of benzene rings is 2. The zero-order chi connectivity index (χ0) is 34.1. The average molecular weight is 719 g/mol. The fourth-order valence-electron chi connectivity index (χ4n) is 6.58. The Kier molecular flexibility index (Phi) is 7.84. The minimum Gasteiger partial charge on any atom is -0.491 e. The predicted molar refractivity (Wildman–Crippen MR) is 182 cm³/mol. The molecule has 3 aromatic heterocycles. The lowest BCUT2D eigenvalue weighted by molar-refractivity contribution is -0.110. The van der Waals surface area contributed by atoms with Crippen LogP contribution in [0.25, 0.3) is 42.5 Å². The molecule has 0 saturated carbocycles. The molecule has 0 unspecified atom stereocenters. The minimum absolute atomic E-state index is 0.0572. The Morgan fingerprint density at radius 2 is 1.16 bits per heavy atom. The van der Waals surface area contributed by atoms with Gasteiger partial charge in [0.15, 0.2) is 5.75 Å². The molecule has 2 aromatic carbocycles. The van der Waals surface area contributed by atoms with E-state index in [0.29, 0.717) is 34.2 Å². The van der Waals surface area contributed by atoms with Crippen molar-refractivity contribution in [2.24, 2.45) is 0 Å². The molecular formula is C37H22F4O5S3. The SMILES string of the molecule is O=C1C(=O)c2c(F)cc(F)cc2/C1=C/c1cc2c(s1)-c1sc3cc(/C=C4\C(=O)C(=O)c5c(F)cc(F)cc54)sc3c1OCCCCCCC2. The Morgan fingerprint density at radius 3 is 1.80 bits per heavy atom. The third-order valence-corrected chi connectivity index (χ3v) is 12.4. The van der Waals surface area contributed by atoms with E-state index in [1.165, 1.54) is 46.2 Å². The van der Waals surface area contributed by atoms with E-state index in [1.54, 1.807) is 0 Å². The van der Waals surface area contributed by atoms with Gasteiger partial charge in [-0.15, -0.1) is 34.0 Å². The van der Waals surface area contributed by atoms with Crippen LogP contribution in [0.3, 0.4) is 0 Å². The van der Waals surface area contributed by atoms with Gasteiger partial charge in [-0.05, 0) is 61.2 Å². The molecule has 0 bridgehead atoms. The topological polar surface area (TPSA) is 77.5 Å². The first-order chi connectivity index (χ1) is 23.6. The van der Waals surface area contributed by atoms with Crippen LogP contribution in [0.2, 0.25) is 0 Å². The van der Waals surface area contributed by atoms with Crippen molar-refractivity contribution in [2.75, 3.05) is 6.61 Å². The molecule has 246 valence electrons. The molecule has 5 aromatic rings. The standard InChI is InChI=1S/C37H22F4O5S3/c38-17-9-21-23(30(42)32(44)28(21)25(40)11-17)13-19-8-16-6-4-2-1-3-5-7-46-34-36-27(49-37(34)35(16)47-19)15-20(48-36)14-24-22-10-18(39)12-26(41)29(22)33(45)31(24)43/h8-15H,1-7H2/b23-13-,24-14-. The Morgan fingerprint density at radius 1 is 0.592 bits per heavy atom. The van der Waals surface area contributed by atoms with E-state index >= 15 is 0 Å². The molecule has 2 aliphatic carbocycles. The van der Waals surface area contributed by atoms with Crippen molar-refractivity contribution in [2.45, 2.75) is 38.5 Å². The summed E-state index contributed by atoms with van der Waals surface area (Å²) in [6.45, 7) is 0.466. The van der Waals surface area contributed by atoms with Crippen LogP contribution in [0.1, 0.15) is 79.3 Å². The van der Waals surface area contributed by atoms with Gasteiger partial charge in [-0.2, -0.15) is 0 Å². The zero-order valence-corrected chi connectivity index (χ0v) is 27.8. The lowest BCUT2D eigenvalue weighted by atomic mass is 10.0. The van der Waals surface area contributed by atoms with E-state index in [9.17, 15) is 36.7 Å². The molecule has 5 nitrogen and oxygen atoms in total. The lowest BCUT2D eigenvalue weighted by Gasteiger charge is -2.10. The fourth-order valence-corrected chi connectivity index (χ4v) is 10.4. The van der Waals surface area contributed by atoms with Crippen molar-refractivity contribution < 1.29 is 41.5 Å². The molecule has 3 aliphatic rings. The fraction of sp³-hybridized carbons (Fsp3) is 0.189. The number of allylic oxidation sites excluding steroid dienone is 2. The van der Waals surface area contributed by atoms with Gasteiger partial charge in [-0.3, -0.25) is 19.2 Å². The van der Waals surface area contributed by atoms with Crippen LogP contribution in [0, 0.1) is 23.3 Å². The van der Waals surface area contributed by atoms with Crippen LogP contribution < -0.4 is 4.74 Å². The number of ether oxygens (including phenoxy) is 1. The lowest BCUT2D eigenvalue weighted by Crippen LogP contribution is -2.07. The average Bonchev–Trinajstić information content (AvgIpc) is 3.81. The maximum atomic E-state index is 14.5. The van der Waals surface area contributed by atoms with Crippen LogP contribution in [0.4, 0.5) is 17.6 Å². The van der Waals surface area contributed by atoms with Crippen LogP contribution in [0.15, 0.2) is 36.4 Å². The highest BCUT2D eigenvalue weighted by Crippen LogP contribution is 2.52. The monoisotopic (exact) mass is 718 g/mol. The summed E-state index contributed by atoms with van der Waals surface area (Å²) in [6, 6.07) is 6.96. The summed E-state index contributed by atoms with van der Waals surface area (Å²) >= 11 is 4.19. The molecule has 1 aliphatic heterocycles.